The smallest absolute Gasteiger partial charge is 0.297 e. The molecule has 7 saturated carbocycles. The van der Waals surface area contributed by atoms with Crippen molar-refractivity contribution in [3.8, 4) is 11.1 Å². The van der Waals surface area contributed by atoms with Crippen molar-refractivity contribution in [1.82, 2.24) is 0 Å². The van der Waals surface area contributed by atoms with E-state index in [4.69, 9.17) is 4.42 Å². The Bertz CT molecular complexity index is 3340. The molecular formula is C70H75BN2O. The molecule has 3 nitrogen and oxygen atoms in total. The summed E-state index contributed by atoms with van der Waals surface area (Å²) >= 11 is 0. The average Bonchev–Trinajstić information content (AvgIpc) is 3.96. The van der Waals surface area contributed by atoms with Crippen molar-refractivity contribution in [2.24, 2.45) is 23.7 Å². The SMILES string of the molecule is CC(C)(C)c1cc2c3c(c1)N(c1ccc4c(c1)C1(c5ccccc5-4)C4CC5CC(C4)CC1C5)c1c(oc4ccc(C5CCCCC5)cc14)B3c1ccc(C3CCCCC3)cc1N2c1ccc(C2CCCCC2)cc1. The summed E-state index contributed by atoms with van der Waals surface area (Å²) in [7, 11) is 0. The normalized spacial score (nSPS) is 26.1. The fraction of sp³-hybridized carbons (Fsp3) is 0.457. The van der Waals surface area contributed by atoms with Crippen LogP contribution in [0.1, 0.15) is 200 Å². The number of hydrogen-bond acceptors (Lipinski definition) is 3. The first-order chi connectivity index (χ1) is 36.3. The number of fused-ring (bicyclic) bond motifs is 9. The van der Waals surface area contributed by atoms with Crippen molar-refractivity contribution >= 4 is 68.4 Å². The molecule has 1 spiro atoms. The Balaban J connectivity index is 0.961. The summed E-state index contributed by atoms with van der Waals surface area (Å²) in [6.07, 6.45) is 26.9. The Labute approximate surface area is 441 Å². The molecule has 1 aromatic heterocycles. The predicted octanol–water partition coefficient (Wildman–Crippen LogP) is 17.7. The van der Waals surface area contributed by atoms with Crippen molar-refractivity contribution in [3.63, 3.8) is 0 Å². The minimum Gasteiger partial charge on any atom is -0.468 e. The fourth-order valence-electron chi connectivity index (χ4n) is 18.5. The van der Waals surface area contributed by atoms with Crippen molar-refractivity contribution in [1.29, 1.82) is 0 Å². The number of nitrogens with zero attached hydrogens (tertiary/aromatic N) is 2. The van der Waals surface area contributed by atoms with Gasteiger partial charge in [-0.3, -0.25) is 0 Å². The van der Waals surface area contributed by atoms with E-state index in [0.717, 1.165) is 23.1 Å². The Morgan fingerprint density at radius 3 is 1.73 bits per heavy atom. The minimum absolute atomic E-state index is 0.0478. The lowest BCUT2D eigenvalue weighted by Crippen LogP contribution is -2.61. The van der Waals surface area contributed by atoms with Gasteiger partial charge in [0.15, 0.2) is 0 Å². The zero-order chi connectivity index (χ0) is 49.0. The molecule has 74 heavy (non-hydrogen) atoms. The summed E-state index contributed by atoms with van der Waals surface area (Å²) in [6.45, 7) is 7.26. The van der Waals surface area contributed by atoms with Gasteiger partial charge in [-0.25, -0.2) is 0 Å². The highest BCUT2D eigenvalue weighted by Crippen LogP contribution is 2.70. The quantitative estimate of drug-likeness (QED) is 0.160. The van der Waals surface area contributed by atoms with Crippen molar-refractivity contribution < 1.29 is 4.42 Å². The summed E-state index contributed by atoms with van der Waals surface area (Å²) in [4.78, 5) is 5.47. The number of hydrogen-bond donors (Lipinski definition) is 0. The molecule has 0 unspecified atom stereocenters. The molecule has 7 fully saturated rings. The number of benzene rings is 6. The van der Waals surface area contributed by atoms with Crippen molar-refractivity contribution in [2.45, 2.75) is 178 Å². The Kier molecular flexibility index (Phi) is 10.1. The number of anilines is 6. The second-order valence-corrected chi connectivity index (χ2v) is 26.7. The zero-order valence-electron chi connectivity index (χ0n) is 44.5. The van der Waals surface area contributed by atoms with Crippen LogP contribution in [0.15, 0.2) is 120 Å². The van der Waals surface area contributed by atoms with E-state index in [9.17, 15) is 0 Å². The van der Waals surface area contributed by atoms with Crippen LogP contribution in [-0.4, -0.2) is 6.71 Å². The van der Waals surface area contributed by atoms with Gasteiger partial charge < -0.3 is 14.2 Å². The van der Waals surface area contributed by atoms with E-state index in [1.807, 2.05) is 0 Å². The molecule has 3 heterocycles. The van der Waals surface area contributed by atoms with Gasteiger partial charge in [0, 0.05) is 39.2 Å². The van der Waals surface area contributed by atoms with Gasteiger partial charge in [0.05, 0.1) is 11.3 Å². The third kappa shape index (κ3) is 6.57. The second-order valence-electron chi connectivity index (χ2n) is 26.7. The van der Waals surface area contributed by atoms with E-state index < -0.39 is 0 Å². The molecule has 6 aromatic carbocycles. The van der Waals surface area contributed by atoms with E-state index in [-0.39, 0.29) is 17.5 Å². The molecule has 7 aromatic rings. The topological polar surface area (TPSA) is 19.6 Å². The highest BCUT2D eigenvalue weighted by Gasteiger charge is 2.62. The summed E-state index contributed by atoms with van der Waals surface area (Å²) in [5.74, 6) is 5.09. The molecule has 4 bridgehead atoms. The van der Waals surface area contributed by atoms with Crippen molar-refractivity contribution in [3.05, 3.63) is 149 Å². The van der Waals surface area contributed by atoms with E-state index in [2.05, 4.69) is 146 Å². The largest absolute Gasteiger partial charge is 0.468 e. The first kappa shape index (κ1) is 44.8. The molecule has 4 heteroatoms. The van der Waals surface area contributed by atoms with E-state index >= 15 is 0 Å². The van der Waals surface area contributed by atoms with Crippen LogP contribution in [0.4, 0.5) is 34.1 Å². The van der Waals surface area contributed by atoms with Gasteiger partial charge in [0.25, 0.3) is 6.71 Å². The van der Waals surface area contributed by atoms with Gasteiger partial charge >= 0.3 is 0 Å². The second kappa shape index (κ2) is 16.8. The van der Waals surface area contributed by atoms with Crippen LogP contribution in [0.3, 0.4) is 0 Å². The van der Waals surface area contributed by atoms with Gasteiger partial charge in [0.1, 0.15) is 5.58 Å². The molecule has 0 saturated heterocycles. The van der Waals surface area contributed by atoms with Crippen molar-refractivity contribution in [2.75, 3.05) is 9.80 Å². The van der Waals surface area contributed by atoms with Gasteiger partial charge in [0.2, 0.25) is 0 Å². The average molecular weight is 971 g/mol. The molecular weight excluding hydrogens is 896 g/mol. The molecule has 0 N–H and O–H groups in total. The highest BCUT2D eigenvalue weighted by atomic mass is 16.3. The molecule has 0 atom stereocenters. The first-order valence-electron chi connectivity index (χ1n) is 30.1. The van der Waals surface area contributed by atoms with Crippen LogP contribution in [0.2, 0.25) is 0 Å². The van der Waals surface area contributed by atoms with E-state index in [1.165, 1.54) is 212 Å². The fourth-order valence-corrected chi connectivity index (χ4v) is 18.5. The van der Waals surface area contributed by atoms with E-state index in [0.29, 0.717) is 29.6 Å². The lowest BCUT2D eigenvalue weighted by molar-refractivity contribution is -0.0399. The van der Waals surface area contributed by atoms with Crippen LogP contribution in [0.5, 0.6) is 0 Å². The molecule has 8 aliphatic carbocycles. The summed E-state index contributed by atoms with van der Waals surface area (Å²) in [5.41, 5.74) is 24.9. The van der Waals surface area contributed by atoms with Gasteiger partial charge in [-0.2, -0.15) is 0 Å². The molecule has 17 rings (SSSR count). The minimum atomic E-state index is -0.0929. The standard InChI is InChI=1S/C70H75BN2O/c1-69(2,3)51-40-63-66-64(41-51)73(55-29-30-57-56-21-13-14-22-59(56)70(60(57)42-55)52-34-43-33-44(36-52)37-53(70)35-43)67-58-38-49(46-17-9-5-10-18-46)26-32-65(58)74-68(67)71(66)61-31-25-50(47-19-11-6-12-20-47)39-62(61)72(63)54-27-23-48(24-28-54)45-15-7-4-8-16-45/h13-14,21-32,38-47,52-53H,4-12,15-20,33-37H2,1-3H3. The highest BCUT2D eigenvalue weighted by molar-refractivity contribution is 7.00. The maximum absolute atomic E-state index is 7.63. The molecule has 10 aliphatic rings. The molecule has 0 amide bonds. The van der Waals surface area contributed by atoms with Gasteiger partial charge in [-0.1, -0.05) is 139 Å². The Hall–Kier alpha value is -5.48. The summed E-state index contributed by atoms with van der Waals surface area (Å²) < 4.78 is 7.63. The lowest BCUT2D eigenvalue weighted by atomic mass is 9.35. The first-order valence-corrected chi connectivity index (χ1v) is 30.1. The summed E-state index contributed by atoms with van der Waals surface area (Å²) in [6, 6.07) is 47.8. The lowest BCUT2D eigenvalue weighted by Gasteiger charge is -2.61. The van der Waals surface area contributed by atoms with E-state index in [1.54, 1.807) is 11.1 Å². The van der Waals surface area contributed by atoms with Gasteiger partial charge in [-0.05, 0) is 227 Å². The monoisotopic (exact) mass is 971 g/mol. The van der Waals surface area contributed by atoms with Crippen LogP contribution in [-0.2, 0) is 10.8 Å². The van der Waals surface area contributed by atoms with Gasteiger partial charge in [-0.15, -0.1) is 0 Å². The number of rotatable bonds is 5. The third-order valence-electron chi connectivity index (χ3n) is 21.8. The van der Waals surface area contributed by atoms with Crippen LogP contribution < -0.4 is 26.4 Å². The summed E-state index contributed by atoms with van der Waals surface area (Å²) in [5, 5.41) is 1.28. The maximum Gasteiger partial charge on any atom is 0.297 e. The maximum atomic E-state index is 7.63. The van der Waals surface area contributed by atoms with Crippen LogP contribution in [0.25, 0.3) is 22.1 Å². The zero-order valence-corrected chi connectivity index (χ0v) is 44.5. The van der Waals surface area contributed by atoms with Crippen LogP contribution in [0, 0.1) is 23.7 Å². The Morgan fingerprint density at radius 2 is 1.07 bits per heavy atom. The molecule has 374 valence electrons. The number of furan rings is 1. The van der Waals surface area contributed by atoms with Crippen LogP contribution >= 0.6 is 0 Å². The molecule has 2 aliphatic heterocycles. The third-order valence-corrected chi connectivity index (χ3v) is 21.8. The molecule has 0 radical (unpaired) electrons. The Morgan fingerprint density at radius 1 is 0.500 bits per heavy atom. The predicted molar refractivity (Wildman–Crippen MR) is 310 cm³/mol.